The molecule has 0 radical (unpaired) electrons. The Labute approximate surface area is 82.8 Å². The molecule has 0 amide bonds. The topological polar surface area (TPSA) is 35.2 Å². The summed E-state index contributed by atoms with van der Waals surface area (Å²) >= 11 is 2.94. The second-order valence-corrected chi connectivity index (χ2v) is 3.24. The van der Waals surface area contributed by atoms with Gasteiger partial charge in [0, 0.05) is 12.1 Å². The molecule has 2 N–H and O–H groups in total. The Morgan fingerprint density at radius 2 is 2.08 bits per heavy atom. The predicted molar refractivity (Wildman–Crippen MR) is 48.5 cm³/mol. The van der Waals surface area contributed by atoms with E-state index in [0.29, 0.717) is 0 Å². The van der Waals surface area contributed by atoms with E-state index in [1.54, 1.807) is 0 Å². The van der Waals surface area contributed by atoms with Gasteiger partial charge >= 0.3 is 0 Å². The number of hydrogen-bond acceptors (Lipinski definition) is 2. The largest absolute Gasteiger partial charge is 0.491 e. The van der Waals surface area contributed by atoms with Crippen molar-refractivity contribution in [2.24, 2.45) is 5.73 Å². The van der Waals surface area contributed by atoms with Crippen molar-refractivity contribution < 1.29 is 13.5 Å². The summed E-state index contributed by atoms with van der Waals surface area (Å²) in [4.78, 5) is 0. The third kappa shape index (κ3) is 1.81. The van der Waals surface area contributed by atoms with Crippen molar-refractivity contribution in [1.82, 2.24) is 0 Å². The minimum absolute atomic E-state index is 0.00106. The van der Waals surface area contributed by atoms with E-state index in [0.717, 1.165) is 0 Å². The normalized spacial score (nSPS) is 10.2. The second-order valence-electron chi connectivity index (χ2n) is 2.38. The van der Waals surface area contributed by atoms with E-state index in [-0.39, 0.29) is 16.6 Å². The molecular weight excluding hydrogens is 244 g/mol. The summed E-state index contributed by atoms with van der Waals surface area (Å²) in [6, 6.07) is 1.30. The highest BCUT2D eigenvalue weighted by molar-refractivity contribution is 9.10. The molecule has 0 atom stereocenters. The molecule has 0 aliphatic rings. The Hall–Kier alpha value is -0.680. The minimum Gasteiger partial charge on any atom is -0.491 e. The first-order valence-corrected chi connectivity index (χ1v) is 4.31. The molecule has 0 aromatic heterocycles. The first kappa shape index (κ1) is 10.4. The molecule has 0 aliphatic carbocycles. The fourth-order valence-corrected chi connectivity index (χ4v) is 1.41. The summed E-state index contributed by atoms with van der Waals surface area (Å²) in [5.41, 5.74) is 5.47. The zero-order chi connectivity index (χ0) is 10.0. The quantitative estimate of drug-likeness (QED) is 0.819. The molecule has 13 heavy (non-hydrogen) atoms. The molecule has 72 valence electrons. The first-order valence-electron chi connectivity index (χ1n) is 3.52. The number of benzene rings is 1. The maximum absolute atomic E-state index is 13.2. The molecule has 2 nitrogen and oxygen atoms in total. The van der Waals surface area contributed by atoms with E-state index in [9.17, 15) is 8.78 Å². The molecule has 0 aliphatic heterocycles. The SMILES string of the molecule is COc1c(F)c(Br)cc(CN)c1F. The maximum atomic E-state index is 13.2. The van der Waals surface area contributed by atoms with Gasteiger partial charge in [-0.25, -0.2) is 8.78 Å². The van der Waals surface area contributed by atoms with E-state index >= 15 is 0 Å². The lowest BCUT2D eigenvalue weighted by Crippen LogP contribution is -2.04. The number of rotatable bonds is 2. The molecule has 0 bridgehead atoms. The summed E-state index contributed by atoms with van der Waals surface area (Å²) < 4.78 is 31.1. The van der Waals surface area contributed by atoms with Crippen molar-refractivity contribution in [3.05, 3.63) is 27.7 Å². The molecule has 0 unspecified atom stereocenters. The van der Waals surface area contributed by atoms with Crippen molar-refractivity contribution >= 4 is 15.9 Å². The van der Waals surface area contributed by atoms with E-state index in [2.05, 4.69) is 20.7 Å². The zero-order valence-corrected chi connectivity index (χ0v) is 8.49. The monoisotopic (exact) mass is 251 g/mol. The van der Waals surface area contributed by atoms with Crippen LogP contribution in [0.5, 0.6) is 5.75 Å². The molecule has 0 fully saturated rings. The number of methoxy groups -OCH3 is 1. The summed E-state index contributed by atoms with van der Waals surface area (Å²) in [6.45, 7) is 0.00106. The average Bonchev–Trinajstić information content (AvgIpc) is 2.12. The van der Waals surface area contributed by atoms with Gasteiger partial charge in [-0.3, -0.25) is 0 Å². The van der Waals surface area contributed by atoms with Gasteiger partial charge in [0.15, 0.2) is 17.4 Å². The summed E-state index contributed by atoms with van der Waals surface area (Å²) in [5, 5.41) is 0. The van der Waals surface area contributed by atoms with E-state index < -0.39 is 17.4 Å². The van der Waals surface area contributed by atoms with Crippen LogP contribution in [0, 0.1) is 11.6 Å². The van der Waals surface area contributed by atoms with Crippen LogP contribution < -0.4 is 10.5 Å². The van der Waals surface area contributed by atoms with Gasteiger partial charge in [0.1, 0.15) is 0 Å². The third-order valence-corrected chi connectivity index (χ3v) is 2.19. The van der Waals surface area contributed by atoms with Crippen molar-refractivity contribution in [3.63, 3.8) is 0 Å². The van der Waals surface area contributed by atoms with Crippen LogP contribution in [0.4, 0.5) is 8.78 Å². The lowest BCUT2D eigenvalue weighted by atomic mass is 10.2. The fraction of sp³-hybridized carbons (Fsp3) is 0.250. The molecule has 1 rings (SSSR count). The van der Waals surface area contributed by atoms with E-state index in [4.69, 9.17) is 5.73 Å². The molecule has 0 saturated carbocycles. The summed E-state index contributed by atoms with van der Waals surface area (Å²) in [7, 11) is 1.20. The van der Waals surface area contributed by atoms with E-state index in [1.807, 2.05) is 0 Å². The third-order valence-electron chi connectivity index (χ3n) is 1.62. The average molecular weight is 252 g/mol. The van der Waals surface area contributed by atoms with Crippen molar-refractivity contribution in [2.45, 2.75) is 6.54 Å². The van der Waals surface area contributed by atoms with Crippen LogP contribution in [0.2, 0.25) is 0 Å². The number of nitrogens with two attached hydrogens (primary N) is 1. The van der Waals surface area contributed by atoms with Crippen molar-refractivity contribution in [3.8, 4) is 5.75 Å². The lowest BCUT2D eigenvalue weighted by molar-refractivity contribution is 0.356. The predicted octanol–water partition coefficient (Wildman–Crippen LogP) is 2.19. The Morgan fingerprint density at radius 3 is 2.54 bits per heavy atom. The Kier molecular flexibility index (Phi) is 3.22. The van der Waals surface area contributed by atoms with Crippen LogP contribution >= 0.6 is 15.9 Å². The standard InChI is InChI=1S/C8H8BrF2NO/c1-13-8-6(10)4(3-12)2-5(9)7(8)11/h2H,3,12H2,1H3. The summed E-state index contributed by atoms with van der Waals surface area (Å²) in [6.07, 6.45) is 0. The zero-order valence-electron chi connectivity index (χ0n) is 6.90. The van der Waals surface area contributed by atoms with Gasteiger partial charge in [0.05, 0.1) is 11.6 Å². The molecular formula is C8H8BrF2NO. The number of halogens is 3. The van der Waals surface area contributed by atoms with Gasteiger partial charge in [-0.05, 0) is 22.0 Å². The Balaban J connectivity index is 3.39. The van der Waals surface area contributed by atoms with Crippen LogP contribution in [0.1, 0.15) is 5.56 Å². The minimum atomic E-state index is -0.753. The van der Waals surface area contributed by atoms with Crippen molar-refractivity contribution in [1.29, 1.82) is 0 Å². The summed E-state index contributed by atoms with van der Waals surface area (Å²) in [5.74, 6) is -1.90. The number of hydrogen-bond donors (Lipinski definition) is 1. The molecule has 5 heteroatoms. The van der Waals surface area contributed by atoms with Gasteiger partial charge in [0.2, 0.25) is 0 Å². The molecule has 0 saturated heterocycles. The second kappa shape index (κ2) is 4.02. The lowest BCUT2D eigenvalue weighted by Gasteiger charge is -2.08. The van der Waals surface area contributed by atoms with E-state index in [1.165, 1.54) is 13.2 Å². The number of ether oxygens (including phenoxy) is 1. The highest BCUT2D eigenvalue weighted by Crippen LogP contribution is 2.30. The van der Waals surface area contributed by atoms with Crippen LogP contribution in [-0.2, 0) is 6.54 Å². The maximum Gasteiger partial charge on any atom is 0.191 e. The van der Waals surface area contributed by atoms with Crippen LogP contribution in [0.3, 0.4) is 0 Å². The smallest absolute Gasteiger partial charge is 0.191 e. The first-order chi connectivity index (χ1) is 6.11. The Bertz CT molecular complexity index is 330. The van der Waals surface area contributed by atoms with Crippen molar-refractivity contribution in [2.75, 3.05) is 7.11 Å². The molecule has 0 spiro atoms. The highest BCUT2D eigenvalue weighted by Gasteiger charge is 2.16. The van der Waals surface area contributed by atoms with Gasteiger partial charge in [0.25, 0.3) is 0 Å². The fourth-order valence-electron chi connectivity index (χ4n) is 0.958. The van der Waals surface area contributed by atoms with Gasteiger partial charge in [-0.15, -0.1) is 0 Å². The molecule has 1 aromatic carbocycles. The van der Waals surface area contributed by atoms with Gasteiger partial charge in [-0.1, -0.05) is 0 Å². The van der Waals surface area contributed by atoms with Crippen LogP contribution in [-0.4, -0.2) is 7.11 Å². The van der Waals surface area contributed by atoms with Crippen LogP contribution in [0.25, 0.3) is 0 Å². The molecule has 0 heterocycles. The molecule has 1 aromatic rings. The van der Waals surface area contributed by atoms with Crippen LogP contribution in [0.15, 0.2) is 10.5 Å². The highest BCUT2D eigenvalue weighted by atomic mass is 79.9. The van der Waals surface area contributed by atoms with Gasteiger partial charge < -0.3 is 10.5 Å². The Morgan fingerprint density at radius 1 is 1.46 bits per heavy atom. The van der Waals surface area contributed by atoms with Gasteiger partial charge in [-0.2, -0.15) is 0 Å².